The quantitative estimate of drug-likeness (QED) is 0.776. The molecule has 0 radical (unpaired) electrons. The Labute approximate surface area is 157 Å². The fraction of sp³-hybridized carbons (Fsp3) is 0.611. The van der Waals surface area contributed by atoms with Gasteiger partial charge in [-0.05, 0) is 11.3 Å². The average molecular weight is 375 g/mol. The second-order valence-electron chi connectivity index (χ2n) is 6.96. The fourth-order valence-corrected chi connectivity index (χ4v) is 4.48. The molecule has 2 aliphatic rings. The van der Waals surface area contributed by atoms with Gasteiger partial charge in [0.1, 0.15) is 6.26 Å². The molecular formula is C18H25N5O2S. The van der Waals surface area contributed by atoms with Gasteiger partial charge in [-0.2, -0.15) is 16.9 Å². The van der Waals surface area contributed by atoms with Gasteiger partial charge in [-0.15, -0.1) is 0 Å². The van der Waals surface area contributed by atoms with Crippen LogP contribution in [0.1, 0.15) is 22.8 Å². The fourth-order valence-electron chi connectivity index (χ4n) is 3.53. The van der Waals surface area contributed by atoms with E-state index in [4.69, 9.17) is 4.42 Å². The SMILES string of the molecule is Cc1nc(CN2CCN(CCn3nc4c(cc3=O)CSCC4)CC2)co1. The topological polar surface area (TPSA) is 67.4 Å². The van der Waals surface area contributed by atoms with Crippen LogP contribution in [0.25, 0.3) is 0 Å². The van der Waals surface area contributed by atoms with Crippen LogP contribution in [0.4, 0.5) is 0 Å². The number of rotatable bonds is 5. The standard InChI is InChI=1S/C18H25N5O2S/c1-14-19-16(12-25-14)11-22-5-3-21(4-6-22)7-8-23-18(24)10-15-13-26-9-2-17(15)20-23/h10,12H,2-9,11,13H2,1H3. The van der Waals surface area contributed by atoms with Gasteiger partial charge in [0.05, 0.1) is 17.9 Å². The van der Waals surface area contributed by atoms with Crippen molar-refractivity contribution in [2.45, 2.75) is 32.2 Å². The van der Waals surface area contributed by atoms with Crippen LogP contribution in [-0.4, -0.2) is 63.0 Å². The molecule has 4 heterocycles. The van der Waals surface area contributed by atoms with Gasteiger partial charge in [-0.25, -0.2) is 9.67 Å². The Morgan fingerprint density at radius 2 is 2.00 bits per heavy atom. The summed E-state index contributed by atoms with van der Waals surface area (Å²) in [4.78, 5) is 21.5. The molecule has 26 heavy (non-hydrogen) atoms. The van der Waals surface area contributed by atoms with Gasteiger partial charge in [0.2, 0.25) is 0 Å². The summed E-state index contributed by atoms with van der Waals surface area (Å²) in [6.07, 6.45) is 2.72. The van der Waals surface area contributed by atoms with Crippen LogP contribution < -0.4 is 5.56 Å². The molecule has 0 bridgehead atoms. The summed E-state index contributed by atoms with van der Waals surface area (Å²) >= 11 is 1.88. The predicted octanol–water partition coefficient (Wildman–Crippen LogP) is 1.15. The van der Waals surface area contributed by atoms with Crippen molar-refractivity contribution in [2.24, 2.45) is 0 Å². The van der Waals surface area contributed by atoms with Gasteiger partial charge in [0.15, 0.2) is 5.89 Å². The molecule has 1 saturated heterocycles. The van der Waals surface area contributed by atoms with E-state index in [0.717, 1.165) is 80.0 Å². The summed E-state index contributed by atoms with van der Waals surface area (Å²) in [5, 5.41) is 4.61. The van der Waals surface area contributed by atoms with E-state index in [1.807, 2.05) is 18.7 Å². The van der Waals surface area contributed by atoms with Crippen molar-refractivity contribution in [2.75, 3.05) is 38.5 Å². The van der Waals surface area contributed by atoms with E-state index in [9.17, 15) is 4.79 Å². The van der Waals surface area contributed by atoms with Crippen LogP contribution in [0.3, 0.4) is 0 Å². The minimum absolute atomic E-state index is 0.0336. The third kappa shape index (κ3) is 4.19. The van der Waals surface area contributed by atoms with Gasteiger partial charge in [-0.3, -0.25) is 14.6 Å². The smallest absolute Gasteiger partial charge is 0.267 e. The van der Waals surface area contributed by atoms with Crippen LogP contribution in [0.5, 0.6) is 0 Å². The molecule has 2 aliphatic heterocycles. The highest BCUT2D eigenvalue weighted by Crippen LogP contribution is 2.21. The molecule has 4 rings (SSSR count). The average Bonchev–Trinajstić information content (AvgIpc) is 3.06. The van der Waals surface area contributed by atoms with Crippen LogP contribution in [0, 0.1) is 6.92 Å². The normalized spacial score (nSPS) is 18.8. The van der Waals surface area contributed by atoms with E-state index in [-0.39, 0.29) is 5.56 Å². The number of thioether (sulfide) groups is 1. The molecule has 2 aromatic heterocycles. The molecule has 0 N–H and O–H groups in total. The molecule has 1 fully saturated rings. The van der Waals surface area contributed by atoms with Crippen molar-refractivity contribution in [3.63, 3.8) is 0 Å². The van der Waals surface area contributed by atoms with Crippen molar-refractivity contribution >= 4 is 11.8 Å². The van der Waals surface area contributed by atoms with Crippen LogP contribution in [0.15, 0.2) is 21.5 Å². The lowest BCUT2D eigenvalue weighted by Gasteiger charge is -2.34. The highest BCUT2D eigenvalue weighted by Gasteiger charge is 2.19. The van der Waals surface area contributed by atoms with Crippen LogP contribution in [0.2, 0.25) is 0 Å². The van der Waals surface area contributed by atoms with Crippen molar-refractivity contribution in [3.8, 4) is 0 Å². The maximum atomic E-state index is 12.3. The van der Waals surface area contributed by atoms with Crippen molar-refractivity contribution in [3.05, 3.63) is 45.5 Å². The number of piperazine rings is 1. The second kappa shape index (κ2) is 7.94. The summed E-state index contributed by atoms with van der Waals surface area (Å²) in [7, 11) is 0. The lowest BCUT2D eigenvalue weighted by Crippen LogP contribution is -2.47. The molecule has 140 valence electrons. The van der Waals surface area contributed by atoms with E-state index in [1.165, 1.54) is 0 Å². The number of aromatic nitrogens is 3. The van der Waals surface area contributed by atoms with Gasteiger partial charge in [-0.1, -0.05) is 0 Å². The Morgan fingerprint density at radius 3 is 2.77 bits per heavy atom. The highest BCUT2D eigenvalue weighted by molar-refractivity contribution is 7.98. The first kappa shape index (κ1) is 17.8. The van der Waals surface area contributed by atoms with Gasteiger partial charge < -0.3 is 4.42 Å². The van der Waals surface area contributed by atoms with Gasteiger partial charge in [0, 0.05) is 64.4 Å². The third-order valence-corrected chi connectivity index (χ3v) is 6.06. The zero-order valence-corrected chi connectivity index (χ0v) is 16.0. The number of hydrogen-bond donors (Lipinski definition) is 0. The lowest BCUT2D eigenvalue weighted by atomic mass is 10.2. The Bertz CT molecular complexity index is 810. The molecule has 0 spiro atoms. The largest absolute Gasteiger partial charge is 0.449 e. The molecule has 7 nitrogen and oxygen atoms in total. The Kier molecular flexibility index (Phi) is 5.42. The van der Waals surface area contributed by atoms with E-state index < -0.39 is 0 Å². The lowest BCUT2D eigenvalue weighted by molar-refractivity contribution is 0.121. The van der Waals surface area contributed by atoms with Crippen molar-refractivity contribution in [1.29, 1.82) is 0 Å². The van der Waals surface area contributed by atoms with Crippen LogP contribution in [-0.2, 0) is 25.3 Å². The summed E-state index contributed by atoms with van der Waals surface area (Å²) in [6, 6.07) is 1.78. The summed E-state index contributed by atoms with van der Waals surface area (Å²) in [5.41, 5.74) is 3.26. The van der Waals surface area contributed by atoms with E-state index in [0.29, 0.717) is 6.54 Å². The monoisotopic (exact) mass is 375 g/mol. The maximum absolute atomic E-state index is 12.3. The number of aryl methyl sites for hydroxylation is 2. The van der Waals surface area contributed by atoms with Crippen LogP contribution >= 0.6 is 11.8 Å². The molecular weight excluding hydrogens is 350 g/mol. The molecule has 0 saturated carbocycles. The summed E-state index contributed by atoms with van der Waals surface area (Å²) < 4.78 is 6.93. The number of hydrogen-bond acceptors (Lipinski definition) is 7. The van der Waals surface area contributed by atoms with E-state index in [1.54, 1.807) is 17.0 Å². The first-order chi connectivity index (χ1) is 12.7. The Morgan fingerprint density at radius 1 is 1.19 bits per heavy atom. The van der Waals surface area contributed by atoms with Crippen molar-refractivity contribution < 1.29 is 4.42 Å². The van der Waals surface area contributed by atoms with E-state index in [2.05, 4.69) is 19.9 Å². The minimum atomic E-state index is 0.0336. The number of fused-ring (bicyclic) bond motifs is 1. The molecule has 0 aromatic carbocycles. The first-order valence-electron chi connectivity index (χ1n) is 9.21. The zero-order chi connectivity index (χ0) is 17.9. The minimum Gasteiger partial charge on any atom is -0.449 e. The highest BCUT2D eigenvalue weighted by atomic mass is 32.2. The molecule has 2 aromatic rings. The molecule has 0 unspecified atom stereocenters. The first-order valence-corrected chi connectivity index (χ1v) is 10.4. The van der Waals surface area contributed by atoms with Crippen molar-refractivity contribution in [1.82, 2.24) is 24.6 Å². The molecule has 0 atom stereocenters. The third-order valence-electron chi connectivity index (χ3n) is 5.05. The Hall–Kier alpha value is -1.64. The van der Waals surface area contributed by atoms with Gasteiger partial charge in [0.25, 0.3) is 5.56 Å². The second-order valence-corrected chi connectivity index (χ2v) is 8.06. The summed E-state index contributed by atoms with van der Waals surface area (Å²) in [5.74, 6) is 2.75. The van der Waals surface area contributed by atoms with Gasteiger partial charge >= 0.3 is 0 Å². The predicted molar refractivity (Wildman–Crippen MR) is 101 cm³/mol. The molecule has 0 aliphatic carbocycles. The molecule has 0 amide bonds. The molecule has 8 heteroatoms. The zero-order valence-electron chi connectivity index (χ0n) is 15.2. The number of nitrogens with zero attached hydrogens (tertiary/aromatic N) is 5. The van der Waals surface area contributed by atoms with E-state index >= 15 is 0 Å². The maximum Gasteiger partial charge on any atom is 0.267 e. The number of oxazole rings is 1. The Balaban J connectivity index is 1.28. The summed E-state index contributed by atoms with van der Waals surface area (Å²) in [6.45, 7) is 8.29.